The number of benzene rings is 1. The lowest BCUT2D eigenvalue weighted by Crippen LogP contribution is -2.35. The first-order valence-corrected chi connectivity index (χ1v) is 6.68. The Hall–Kier alpha value is -1.13. The minimum absolute atomic E-state index is 0.0150. The van der Waals surface area contributed by atoms with Gasteiger partial charge in [0.25, 0.3) is 0 Å². The second-order valence-corrected chi connectivity index (χ2v) is 5.73. The molecule has 0 aliphatic carbocycles. The van der Waals surface area contributed by atoms with Gasteiger partial charge in [-0.25, -0.2) is 13.1 Å². The first-order valence-electron chi connectivity index (χ1n) is 4.81. The fourth-order valence-electron chi connectivity index (χ4n) is 1.11. The molecule has 0 amide bonds. The molecule has 3 N–H and O–H groups in total. The second-order valence-electron chi connectivity index (χ2n) is 3.59. The maximum atomic E-state index is 11.8. The van der Waals surface area contributed by atoms with Crippen molar-refractivity contribution in [1.82, 2.24) is 4.72 Å². The van der Waals surface area contributed by atoms with Gasteiger partial charge in [0, 0.05) is 12.6 Å². The molecule has 1 atom stereocenters. The number of hydrogen-bond acceptors (Lipinski definition) is 4. The summed E-state index contributed by atoms with van der Waals surface area (Å²) in [6, 6.07) is 5.59. The number of halogens is 1. The third-order valence-electron chi connectivity index (χ3n) is 1.95. The van der Waals surface area contributed by atoms with E-state index in [-0.39, 0.29) is 22.5 Å². The minimum atomic E-state index is -3.68. The van der Waals surface area contributed by atoms with E-state index in [0.717, 1.165) is 0 Å². The molecule has 0 aliphatic rings. The molecule has 1 aromatic carbocycles. The van der Waals surface area contributed by atoms with Crippen LogP contribution in [0.15, 0.2) is 23.1 Å². The maximum absolute atomic E-state index is 11.8. The zero-order chi connectivity index (χ0) is 13.1. The third kappa shape index (κ3) is 3.68. The van der Waals surface area contributed by atoms with E-state index < -0.39 is 10.0 Å². The summed E-state index contributed by atoms with van der Waals surface area (Å²) in [5.74, 6) is 0. The van der Waals surface area contributed by atoms with Crippen molar-refractivity contribution in [2.24, 2.45) is 5.73 Å². The number of nitrogens with two attached hydrogens (primary N) is 1. The van der Waals surface area contributed by atoms with E-state index in [0.29, 0.717) is 5.56 Å². The summed E-state index contributed by atoms with van der Waals surface area (Å²) < 4.78 is 26.0. The highest BCUT2D eigenvalue weighted by molar-refractivity contribution is 7.89. The molecule has 0 heterocycles. The Morgan fingerprint density at radius 3 is 2.71 bits per heavy atom. The van der Waals surface area contributed by atoms with Crippen LogP contribution in [0.3, 0.4) is 0 Å². The van der Waals surface area contributed by atoms with Gasteiger partial charge < -0.3 is 5.73 Å². The van der Waals surface area contributed by atoms with E-state index in [2.05, 4.69) is 4.72 Å². The molecular formula is C10H12ClN3O2S. The van der Waals surface area contributed by atoms with Crippen LogP contribution in [0.1, 0.15) is 12.5 Å². The minimum Gasteiger partial charge on any atom is -0.327 e. The van der Waals surface area contributed by atoms with Crippen molar-refractivity contribution in [1.29, 1.82) is 5.26 Å². The van der Waals surface area contributed by atoms with Crippen LogP contribution in [0, 0.1) is 11.3 Å². The monoisotopic (exact) mass is 273 g/mol. The van der Waals surface area contributed by atoms with Gasteiger partial charge in [0.15, 0.2) is 0 Å². The predicted molar refractivity (Wildman–Crippen MR) is 65.0 cm³/mol. The molecule has 0 bridgehead atoms. The molecule has 0 fully saturated rings. The van der Waals surface area contributed by atoms with Crippen molar-refractivity contribution < 1.29 is 8.42 Å². The van der Waals surface area contributed by atoms with Crippen LogP contribution in [0.4, 0.5) is 0 Å². The summed E-state index contributed by atoms with van der Waals surface area (Å²) >= 11 is 5.81. The van der Waals surface area contributed by atoms with Crippen molar-refractivity contribution in [2.75, 3.05) is 6.54 Å². The SMILES string of the molecule is CC(N)CNS(=O)(=O)c1ccc(C#N)cc1Cl. The van der Waals surface area contributed by atoms with Crippen molar-refractivity contribution in [3.63, 3.8) is 0 Å². The molecule has 1 rings (SSSR count). The maximum Gasteiger partial charge on any atom is 0.242 e. The molecule has 1 unspecified atom stereocenters. The van der Waals surface area contributed by atoms with Gasteiger partial charge in [0.2, 0.25) is 10.0 Å². The average molecular weight is 274 g/mol. The topological polar surface area (TPSA) is 96.0 Å². The largest absolute Gasteiger partial charge is 0.327 e. The molecule has 0 saturated heterocycles. The fourth-order valence-corrected chi connectivity index (χ4v) is 2.79. The highest BCUT2D eigenvalue weighted by atomic mass is 35.5. The molecule has 0 radical (unpaired) electrons. The molecule has 0 spiro atoms. The standard InChI is InChI=1S/C10H12ClN3O2S/c1-7(13)6-14-17(15,16)10-3-2-8(5-12)4-9(10)11/h2-4,7,14H,6,13H2,1H3. The lowest BCUT2D eigenvalue weighted by atomic mass is 10.2. The van der Waals surface area contributed by atoms with Crippen LogP contribution >= 0.6 is 11.6 Å². The third-order valence-corrected chi connectivity index (χ3v) is 3.85. The van der Waals surface area contributed by atoms with Crippen molar-refractivity contribution in [2.45, 2.75) is 17.9 Å². The Balaban J connectivity index is 3.04. The highest BCUT2D eigenvalue weighted by Crippen LogP contribution is 2.22. The number of sulfonamides is 1. The number of hydrogen-bond donors (Lipinski definition) is 2. The molecule has 1 aromatic rings. The van der Waals surface area contributed by atoms with Gasteiger partial charge >= 0.3 is 0 Å². The fraction of sp³-hybridized carbons (Fsp3) is 0.300. The van der Waals surface area contributed by atoms with Gasteiger partial charge in [-0.15, -0.1) is 0 Å². The number of nitriles is 1. The summed E-state index contributed by atoms with van der Waals surface area (Å²) in [4.78, 5) is -0.0567. The highest BCUT2D eigenvalue weighted by Gasteiger charge is 2.18. The second kappa shape index (κ2) is 5.47. The summed E-state index contributed by atoms with van der Waals surface area (Å²) in [6.07, 6.45) is 0. The van der Waals surface area contributed by atoms with Crippen molar-refractivity contribution in [3.05, 3.63) is 28.8 Å². The van der Waals surface area contributed by atoms with Crippen LogP contribution < -0.4 is 10.5 Å². The summed E-state index contributed by atoms with van der Waals surface area (Å²) in [6.45, 7) is 1.81. The number of nitrogens with zero attached hydrogens (tertiary/aromatic N) is 1. The van der Waals surface area contributed by atoms with Gasteiger partial charge in [-0.2, -0.15) is 5.26 Å². The Bertz CT molecular complexity index is 549. The van der Waals surface area contributed by atoms with Gasteiger partial charge in [-0.05, 0) is 25.1 Å². The van der Waals surface area contributed by atoms with E-state index >= 15 is 0 Å². The summed E-state index contributed by atoms with van der Waals surface area (Å²) in [5.41, 5.74) is 5.76. The number of rotatable bonds is 4. The van der Waals surface area contributed by atoms with Crippen LogP contribution in [-0.2, 0) is 10.0 Å². The van der Waals surface area contributed by atoms with Crippen molar-refractivity contribution in [3.8, 4) is 6.07 Å². The van der Waals surface area contributed by atoms with E-state index in [1.807, 2.05) is 6.07 Å². The van der Waals surface area contributed by atoms with Crippen LogP contribution in [0.2, 0.25) is 5.02 Å². The first-order chi connectivity index (χ1) is 7.86. The Labute approximate surface area is 105 Å². The molecule has 0 saturated carbocycles. The average Bonchev–Trinajstić information content (AvgIpc) is 2.26. The normalized spacial score (nSPS) is 13.1. The van der Waals surface area contributed by atoms with E-state index in [4.69, 9.17) is 22.6 Å². The molecule has 5 nitrogen and oxygen atoms in total. The molecule has 17 heavy (non-hydrogen) atoms. The summed E-state index contributed by atoms with van der Waals surface area (Å²) in [7, 11) is -3.68. The Kier molecular flexibility index (Phi) is 4.48. The lowest BCUT2D eigenvalue weighted by Gasteiger charge is -2.10. The molecular weight excluding hydrogens is 262 g/mol. The molecule has 92 valence electrons. The predicted octanol–water partition coefficient (Wildman–Crippen LogP) is 0.837. The lowest BCUT2D eigenvalue weighted by molar-refractivity contribution is 0.574. The van der Waals surface area contributed by atoms with Crippen molar-refractivity contribution >= 4 is 21.6 Å². The molecule has 7 heteroatoms. The quantitative estimate of drug-likeness (QED) is 0.849. The Morgan fingerprint density at radius 2 is 2.24 bits per heavy atom. The Morgan fingerprint density at radius 1 is 1.59 bits per heavy atom. The van der Waals surface area contributed by atoms with E-state index in [9.17, 15) is 8.42 Å². The van der Waals surface area contributed by atoms with Crippen LogP contribution in [0.5, 0.6) is 0 Å². The zero-order valence-corrected chi connectivity index (χ0v) is 10.7. The van der Waals surface area contributed by atoms with Crippen LogP contribution in [0.25, 0.3) is 0 Å². The van der Waals surface area contributed by atoms with Gasteiger partial charge in [0.1, 0.15) is 4.90 Å². The summed E-state index contributed by atoms with van der Waals surface area (Å²) in [5, 5.41) is 8.66. The molecule has 0 aliphatic heterocycles. The number of nitrogens with one attached hydrogen (secondary N) is 1. The van der Waals surface area contributed by atoms with Gasteiger partial charge in [-0.3, -0.25) is 0 Å². The van der Waals surface area contributed by atoms with E-state index in [1.165, 1.54) is 18.2 Å². The molecule has 0 aromatic heterocycles. The van der Waals surface area contributed by atoms with E-state index in [1.54, 1.807) is 6.92 Å². The smallest absolute Gasteiger partial charge is 0.242 e. The first kappa shape index (κ1) is 13.9. The van der Waals surface area contributed by atoms with Gasteiger partial charge in [-0.1, -0.05) is 11.6 Å². The van der Waals surface area contributed by atoms with Crippen LogP contribution in [-0.4, -0.2) is 21.0 Å². The van der Waals surface area contributed by atoms with Gasteiger partial charge in [0.05, 0.1) is 16.7 Å². The zero-order valence-electron chi connectivity index (χ0n) is 9.14.